The van der Waals surface area contributed by atoms with Crippen LogP contribution in [-0.4, -0.2) is 28.3 Å². The fourth-order valence-corrected chi connectivity index (χ4v) is 3.25. The summed E-state index contributed by atoms with van der Waals surface area (Å²) >= 11 is 0. The van der Waals surface area contributed by atoms with Gasteiger partial charge in [-0.15, -0.1) is 0 Å². The van der Waals surface area contributed by atoms with Crippen molar-refractivity contribution in [3.63, 3.8) is 0 Å². The third kappa shape index (κ3) is 5.99. The molecule has 0 aliphatic heterocycles. The second kappa shape index (κ2) is 10.1. The molecule has 1 heterocycles. The Morgan fingerprint density at radius 2 is 1.77 bits per heavy atom. The van der Waals surface area contributed by atoms with Crippen LogP contribution in [0, 0.1) is 5.92 Å². The summed E-state index contributed by atoms with van der Waals surface area (Å²) in [5.41, 5.74) is 0.814. The smallest absolute Gasteiger partial charge is 0.266 e. The minimum Gasteiger partial charge on any atom is -0.491 e. The first-order valence-corrected chi connectivity index (χ1v) is 10.6. The van der Waals surface area contributed by atoms with E-state index in [1.165, 1.54) is 6.42 Å². The number of ether oxygens (including phenoxy) is 2. The number of rotatable bonds is 10. The van der Waals surface area contributed by atoms with Gasteiger partial charge >= 0.3 is 0 Å². The van der Waals surface area contributed by atoms with Crippen molar-refractivity contribution < 1.29 is 14.3 Å². The van der Waals surface area contributed by atoms with Gasteiger partial charge in [-0.25, -0.2) is 0 Å². The molecule has 2 N–H and O–H groups in total. The summed E-state index contributed by atoms with van der Waals surface area (Å²) in [5.74, 6) is 2.38. The number of benzene rings is 2. The van der Waals surface area contributed by atoms with Gasteiger partial charge in [0.1, 0.15) is 11.5 Å². The van der Waals surface area contributed by atoms with E-state index in [0.29, 0.717) is 17.5 Å². The van der Waals surface area contributed by atoms with E-state index in [0.717, 1.165) is 29.5 Å². The van der Waals surface area contributed by atoms with Crippen LogP contribution in [0.25, 0.3) is 10.9 Å². The number of anilines is 1. The SMILES string of the molecule is CC(C)CCCC(C)Oc1ccc2c(NC(=O)C(C)Oc3ccccc3)n[nH]c2c1. The molecule has 2 aromatic carbocycles. The first-order valence-electron chi connectivity index (χ1n) is 10.6. The van der Waals surface area contributed by atoms with E-state index in [9.17, 15) is 4.79 Å². The van der Waals surface area contributed by atoms with Crippen LogP contribution in [0.5, 0.6) is 11.5 Å². The molecule has 30 heavy (non-hydrogen) atoms. The molecule has 160 valence electrons. The third-order valence-corrected chi connectivity index (χ3v) is 4.93. The Morgan fingerprint density at radius 3 is 2.50 bits per heavy atom. The standard InChI is InChI=1S/C24H31N3O3/c1-16(2)9-8-10-17(3)29-20-13-14-21-22(15-20)26-27-23(21)25-24(28)18(4)30-19-11-6-5-7-12-19/h5-7,11-18H,8-10H2,1-4H3,(H2,25,26,27,28). The number of hydrogen-bond donors (Lipinski definition) is 2. The van der Waals surface area contributed by atoms with Gasteiger partial charge in [0, 0.05) is 11.5 Å². The van der Waals surface area contributed by atoms with Crippen molar-refractivity contribution in [1.29, 1.82) is 0 Å². The molecule has 0 aliphatic rings. The van der Waals surface area contributed by atoms with Crippen LogP contribution in [-0.2, 0) is 4.79 Å². The normalized spacial score (nSPS) is 13.2. The number of aromatic amines is 1. The van der Waals surface area contributed by atoms with E-state index in [4.69, 9.17) is 9.47 Å². The topological polar surface area (TPSA) is 76.2 Å². The molecule has 1 aromatic heterocycles. The summed E-state index contributed by atoms with van der Waals surface area (Å²) in [4.78, 5) is 12.5. The van der Waals surface area contributed by atoms with Crippen molar-refractivity contribution in [3.8, 4) is 11.5 Å². The van der Waals surface area contributed by atoms with Crippen LogP contribution in [0.1, 0.15) is 47.0 Å². The van der Waals surface area contributed by atoms with Crippen LogP contribution >= 0.6 is 0 Å². The molecule has 0 saturated heterocycles. The molecule has 0 aliphatic carbocycles. The van der Waals surface area contributed by atoms with Crippen molar-refractivity contribution >= 4 is 22.6 Å². The lowest BCUT2D eigenvalue weighted by atomic mass is 10.0. The van der Waals surface area contributed by atoms with Crippen molar-refractivity contribution in [2.45, 2.75) is 59.2 Å². The molecule has 6 heteroatoms. The zero-order chi connectivity index (χ0) is 21.5. The Kier molecular flexibility index (Phi) is 7.33. The molecule has 2 atom stereocenters. The van der Waals surface area contributed by atoms with Crippen molar-refractivity contribution in [3.05, 3.63) is 48.5 Å². The molecule has 0 saturated carbocycles. The summed E-state index contributed by atoms with van der Waals surface area (Å²) < 4.78 is 11.7. The first-order chi connectivity index (χ1) is 14.4. The van der Waals surface area contributed by atoms with Crippen molar-refractivity contribution in [2.75, 3.05) is 5.32 Å². The number of fused-ring (bicyclic) bond motifs is 1. The van der Waals surface area contributed by atoms with Gasteiger partial charge in [-0.1, -0.05) is 38.5 Å². The highest BCUT2D eigenvalue weighted by atomic mass is 16.5. The minimum atomic E-state index is -0.645. The number of H-pyrrole nitrogens is 1. The molecule has 0 spiro atoms. The second-order valence-electron chi connectivity index (χ2n) is 8.10. The molecular weight excluding hydrogens is 378 g/mol. The summed E-state index contributed by atoms with van der Waals surface area (Å²) in [6.45, 7) is 8.28. The molecule has 2 unspecified atom stereocenters. The number of aromatic nitrogens is 2. The molecule has 0 fully saturated rings. The lowest BCUT2D eigenvalue weighted by Crippen LogP contribution is -2.30. The van der Waals surface area contributed by atoms with Gasteiger partial charge in [-0.05, 0) is 56.9 Å². The van der Waals surface area contributed by atoms with Crippen LogP contribution in [0.4, 0.5) is 5.82 Å². The van der Waals surface area contributed by atoms with Gasteiger partial charge < -0.3 is 14.8 Å². The maximum Gasteiger partial charge on any atom is 0.266 e. The number of para-hydroxylation sites is 1. The number of carbonyl (C=O) groups is 1. The lowest BCUT2D eigenvalue weighted by molar-refractivity contribution is -0.122. The van der Waals surface area contributed by atoms with E-state index < -0.39 is 6.10 Å². The van der Waals surface area contributed by atoms with Gasteiger partial charge in [0.25, 0.3) is 5.91 Å². The van der Waals surface area contributed by atoms with Gasteiger partial charge in [-0.2, -0.15) is 5.10 Å². The van der Waals surface area contributed by atoms with Crippen LogP contribution < -0.4 is 14.8 Å². The largest absolute Gasteiger partial charge is 0.491 e. The number of hydrogen-bond acceptors (Lipinski definition) is 4. The fraction of sp³-hybridized carbons (Fsp3) is 0.417. The van der Waals surface area contributed by atoms with E-state index in [-0.39, 0.29) is 12.0 Å². The minimum absolute atomic E-state index is 0.152. The molecule has 1 amide bonds. The highest BCUT2D eigenvalue weighted by Crippen LogP contribution is 2.26. The second-order valence-corrected chi connectivity index (χ2v) is 8.10. The number of carbonyl (C=O) groups excluding carboxylic acids is 1. The van der Waals surface area contributed by atoms with Gasteiger partial charge in [0.2, 0.25) is 0 Å². The quantitative estimate of drug-likeness (QED) is 0.459. The third-order valence-electron chi connectivity index (χ3n) is 4.93. The van der Waals surface area contributed by atoms with Gasteiger partial charge in [0.15, 0.2) is 11.9 Å². The maximum absolute atomic E-state index is 12.5. The zero-order valence-electron chi connectivity index (χ0n) is 18.1. The summed E-state index contributed by atoms with van der Waals surface area (Å²) in [5, 5.41) is 10.9. The number of nitrogens with zero attached hydrogens (tertiary/aromatic N) is 1. The fourth-order valence-electron chi connectivity index (χ4n) is 3.25. The van der Waals surface area contributed by atoms with Crippen LogP contribution in [0.2, 0.25) is 0 Å². The number of amides is 1. The zero-order valence-corrected chi connectivity index (χ0v) is 18.1. The number of nitrogens with one attached hydrogen (secondary N) is 2. The monoisotopic (exact) mass is 409 g/mol. The summed E-state index contributed by atoms with van der Waals surface area (Å²) in [6.07, 6.45) is 2.90. The van der Waals surface area contributed by atoms with E-state index in [2.05, 4.69) is 36.3 Å². The van der Waals surface area contributed by atoms with Crippen molar-refractivity contribution in [2.24, 2.45) is 5.92 Å². The summed E-state index contributed by atoms with van der Waals surface area (Å²) in [6, 6.07) is 15.0. The highest BCUT2D eigenvalue weighted by Gasteiger charge is 2.18. The highest BCUT2D eigenvalue weighted by molar-refractivity contribution is 6.01. The van der Waals surface area contributed by atoms with E-state index in [1.807, 2.05) is 48.5 Å². The lowest BCUT2D eigenvalue weighted by Gasteiger charge is -2.15. The average molecular weight is 410 g/mol. The van der Waals surface area contributed by atoms with Crippen LogP contribution in [0.3, 0.4) is 0 Å². The Morgan fingerprint density at radius 1 is 1.00 bits per heavy atom. The van der Waals surface area contributed by atoms with Crippen molar-refractivity contribution in [1.82, 2.24) is 10.2 Å². The Labute approximate surface area is 178 Å². The van der Waals surface area contributed by atoms with Crippen LogP contribution in [0.15, 0.2) is 48.5 Å². The van der Waals surface area contributed by atoms with E-state index in [1.54, 1.807) is 6.92 Å². The Bertz CT molecular complexity index is 953. The van der Waals surface area contributed by atoms with E-state index >= 15 is 0 Å². The molecular formula is C24H31N3O3. The molecule has 3 rings (SSSR count). The van der Waals surface area contributed by atoms with Gasteiger partial charge in [0.05, 0.1) is 11.6 Å². The molecule has 6 nitrogen and oxygen atoms in total. The predicted octanol–water partition coefficient (Wildman–Crippen LogP) is 5.56. The molecule has 0 radical (unpaired) electrons. The predicted molar refractivity (Wildman–Crippen MR) is 120 cm³/mol. The summed E-state index contributed by atoms with van der Waals surface area (Å²) in [7, 11) is 0. The Hall–Kier alpha value is -3.02. The molecule has 3 aromatic rings. The Balaban J connectivity index is 1.59. The maximum atomic E-state index is 12.5. The molecule has 0 bridgehead atoms. The van der Waals surface area contributed by atoms with Gasteiger partial charge in [-0.3, -0.25) is 9.89 Å². The first kappa shape index (κ1) is 21.7. The average Bonchev–Trinajstić information content (AvgIpc) is 3.10.